The maximum absolute atomic E-state index is 12.5. The molecule has 1 fully saturated rings. The molecule has 0 aliphatic carbocycles. The second kappa shape index (κ2) is 9.08. The highest BCUT2D eigenvalue weighted by molar-refractivity contribution is 6.03. The largest absolute Gasteiger partial charge is 0.324 e. The average molecular weight is 356 g/mol. The minimum absolute atomic E-state index is 0. The number of carbonyl (C=O) groups is 1. The van der Waals surface area contributed by atoms with Crippen molar-refractivity contribution in [3.8, 4) is 0 Å². The zero-order valence-electron chi connectivity index (χ0n) is 13.1. The first-order valence-electron chi connectivity index (χ1n) is 7.49. The van der Waals surface area contributed by atoms with Gasteiger partial charge in [0.1, 0.15) is 0 Å². The van der Waals surface area contributed by atoms with Crippen LogP contribution in [0.4, 0.5) is 5.69 Å². The SMILES string of the molecule is CC(C(=O)Nc1cccc2ccccc12)N1CCNCC1.Cl.Cl. The van der Waals surface area contributed by atoms with Gasteiger partial charge in [0, 0.05) is 37.3 Å². The maximum Gasteiger partial charge on any atom is 0.241 e. The van der Waals surface area contributed by atoms with Gasteiger partial charge < -0.3 is 10.6 Å². The third-order valence-corrected chi connectivity index (χ3v) is 4.13. The highest BCUT2D eigenvalue weighted by Gasteiger charge is 2.22. The van der Waals surface area contributed by atoms with Gasteiger partial charge in [-0.2, -0.15) is 0 Å². The maximum atomic E-state index is 12.5. The molecule has 0 saturated carbocycles. The van der Waals surface area contributed by atoms with E-state index in [4.69, 9.17) is 0 Å². The summed E-state index contributed by atoms with van der Waals surface area (Å²) in [5.41, 5.74) is 0.889. The van der Waals surface area contributed by atoms with Crippen LogP contribution in [0.1, 0.15) is 6.92 Å². The highest BCUT2D eigenvalue weighted by atomic mass is 35.5. The van der Waals surface area contributed by atoms with Gasteiger partial charge in [-0.05, 0) is 18.4 Å². The van der Waals surface area contributed by atoms with Gasteiger partial charge in [0.2, 0.25) is 5.91 Å². The van der Waals surface area contributed by atoms with Crippen molar-refractivity contribution in [3.63, 3.8) is 0 Å². The van der Waals surface area contributed by atoms with Gasteiger partial charge in [-0.1, -0.05) is 36.4 Å². The zero-order valence-corrected chi connectivity index (χ0v) is 14.8. The summed E-state index contributed by atoms with van der Waals surface area (Å²) in [7, 11) is 0. The predicted molar refractivity (Wildman–Crippen MR) is 101 cm³/mol. The second-order valence-corrected chi connectivity index (χ2v) is 5.48. The van der Waals surface area contributed by atoms with Gasteiger partial charge in [0.15, 0.2) is 0 Å². The van der Waals surface area contributed by atoms with Crippen LogP contribution in [0.25, 0.3) is 10.8 Å². The van der Waals surface area contributed by atoms with Crippen molar-refractivity contribution in [2.24, 2.45) is 0 Å². The number of piperazine rings is 1. The van der Waals surface area contributed by atoms with Crippen molar-refractivity contribution in [2.45, 2.75) is 13.0 Å². The number of nitrogens with one attached hydrogen (secondary N) is 2. The molecule has 23 heavy (non-hydrogen) atoms. The number of halogens is 2. The molecule has 1 aliphatic heterocycles. The van der Waals surface area contributed by atoms with Gasteiger partial charge in [0.05, 0.1) is 6.04 Å². The fourth-order valence-corrected chi connectivity index (χ4v) is 2.81. The Hall–Kier alpha value is -1.33. The summed E-state index contributed by atoms with van der Waals surface area (Å²) >= 11 is 0. The quantitative estimate of drug-likeness (QED) is 0.889. The molecule has 1 unspecified atom stereocenters. The monoisotopic (exact) mass is 355 g/mol. The standard InChI is InChI=1S/C17H21N3O.2ClH/c1-13(20-11-9-18-10-12-20)17(21)19-16-8-4-6-14-5-2-3-7-15(14)16;;/h2-8,13,18H,9-12H2,1H3,(H,19,21);2*1H. The third-order valence-electron chi connectivity index (χ3n) is 4.13. The Morgan fingerprint density at radius 2 is 1.74 bits per heavy atom. The molecule has 1 saturated heterocycles. The number of carbonyl (C=O) groups excluding carboxylic acids is 1. The minimum Gasteiger partial charge on any atom is -0.324 e. The summed E-state index contributed by atoms with van der Waals surface area (Å²) in [5.74, 6) is 0.0632. The lowest BCUT2D eigenvalue weighted by Gasteiger charge is -2.31. The Balaban J connectivity index is 0.00000132. The number of rotatable bonds is 3. The number of nitrogens with zero attached hydrogens (tertiary/aromatic N) is 1. The number of fused-ring (bicyclic) bond motifs is 1. The Morgan fingerprint density at radius 3 is 2.48 bits per heavy atom. The van der Waals surface area contributed by atoms with Gasteiger partial charge in [0.25, 0.3) is 0 Å². The Morgan fingerprint density at radius 1 is 1.09 bits per heavy atom. The summed E-state index contributed by atoms with van der Waals surface area (Å²) < 4.78 is 0. The lowest BCUT2D eigenvalue weighted by atomic mass is 10.1. The second-order valence-electron chi connectivity index (χ2n) is 5.48. The molecule has 1 heterocycles. The van der Waals surface area contributed by atoms with Crippen LogP contribution in [-0.2, 0) is 4.79 Å². The normalized spacial score (nSPS) is 16.0. The number of benzene rings is 2. The van der Waals surface area contributed by atoms with Crippen LogP contribution in [0.5, 0.6) is 0 Å². The van der Waals surface area contributed by atoms with Gasteiger partial charge in [-0.15, -0.1) is 24.8 Å². The van der Waals surface area contributed by atoms with Gasteiger partial charge >= 0.3 is 0 Å². The molecule has 2 aromatic rings. The van der Waals surface area contributed by atoms with E-state index in [0.29, 0.717) is 0 Å². The van der Waals surface area contributed by atoms with Crippen LogP contribution in [0.2, 0.25) is 0 Å². The molecule has 6 heteroatoms. The van der Waals surface area contributed by atoms with Crippen molar-refractivity contribution in [1.29, 1.82) is 0 Å². The first-order valence-corrected chi connectivity index (χ1v) is 7.49. The molecule has 126 valence electrons. The molecule has 1 amide bonds. The summed E-state index contributed by atoms with van der Waals surface area (Å²) in [6.45, 7) is 5.72. The molecular weight excluding hydrogens is 333 g/mol. The van der Waals surface area contributed by atoms with E-state index in [0.717, 1.165) is 42.6 Å². The van der Waals surface area contributed by atoms with E-state index in [1.165, 1.54) is 0 Å². The number of hydrogen-bond donors (Lipinski definition) is 2. The van der Waals surface area contributed by atoms with Gasteiger partial charge in [-0.3, -0.25) is 9.69 Å². The molecule has 0 bridgehead atoms. The van der Waals surface area contributed by atoms with Crippen molar-refractivity contribution in [1.82, 2.24) is 10.2 Å². The molecule has 1 atom stereocenters. The summed E-state index contributed by atoms with van der Waals surface area (Å²) in [5, 5.41) is 8.62. The van der Waals surface area contributed by atoms with Crippen LogP contribution in [-0.4, -0.2) is 43.0 Å². The summed E-state index contributed by atoms with van der Waals surface area (Å²) in [6, 6.07) is 14.0. The fourth-order valence-electron chi connectivity index (χ4n) is 2.81. The Bertz CT molecular complexity index is 639. The topological polar surface area (TPSA) is 44.4 Å². The smallest absolute Gasteiger partial charge is 0.241 e. The molecular formula is C17H23Cl2N3O. The lowest BCUT2D eigenvalue weighted by molar-refractivity contribution is -0.120. The molecule has 2 N–H and O–H groups in total. The van der Waals surface area contributed by atoms with Crippen LogP contribution >= 0.6 is 24.8 Å². The van der Waals surface area contributed by atoms with E-state index < -0.39 is 0 Å². The van der Waals surface area contributed by atoms with E-state index in [1.807, 2.05) is 37.3 Å². The van der Waals surface area contributed by atoms with Crippen LogP contribution in [0.15, 0.2) is 42.5 Å². The fraction of sp³-hybridized carbons (Fsp3) is 0.353. The van der Waals surface area contributed by atoms with E-state index in [-0.39, 0.29) is 36.8 Å². The van der Waals surface area contributed by atoms with Crippen molar-refractivity contribution >= 4 is 47.2 Å². The molecule has 3 rings (SSSR count). The van der Waals surface area contributed by atoms with Crippen LogP contribution < -0.4 is 10.6 Å². The minimum atomic E-state index is -0.105. The van der Waals surface area contributed by atoms with E-state index in [2.05, 4.69) is 27.7 Å². The van der Waals surface area contributed by atoms with E-state index >= 15 is 0 Å². The number of hydrogen-bond acceptors (Lipinski definition) is 3. The van der Waals surface area contributed by atoms with E-state index in [9.17, 15) is 4.79 Å². The Kier molecular flexibility index (Phi) is 7.79. The number of anilines is 1. The number of amides is 1. The van der Waals surface area contributed by atoms with Gasteiger partial charge in [-0.25, -0.2) is 0 Å². The third kappa shape index (κ3) is 4.58. The van der Waals surface area contributed by atoms with Crippen LogP contribution in [0, 0.1) is 0 Å². The zero-order chi connectivity index (χ0) is 14.7. The molecule has 2 aromatic carbocycles. The molecule has 1 aliphatic rings. The first kappa shape index (κ1) is 19.7. The molecule has 0 aromatic heterocycles. The summed E-state index contributed by atoms with van der Waals surface area (Å²) in [6.07, 6.45) is 0. The van der Waals surface area contributed by atoms with Crippen molar-refractivity contribution in [3.05, 3.63) is 42.5 Å². The predicted octanol–water partition coefficient (Wildman–Crippen LogP) is 2.92. The molecule has 0 radical (unpaired) electrons. The molecule has 0 spiro atoms. The van der Waals surface area contributed by atoms with Crippen molar-refractivity contribution < 1.29 is 4.79 Å². The molecule has 4 nitrogen and oxygen atoms in total. The average Bonchev–Trinajstić information content (AvgIpc) is 2.55. The van der Waals surface area contributed by atoms with Crippen molar-refractivity contribution in [2.75, 3.05) is 31.5 Å². The lowest BCUT2D eigenvalue weighted by Crippen LogP contribution is -2.51. The first-order chi connectivity index (χ1) is 10.3. The summed E-state index contributed by atoms with van der Waals surface area (Å²) in [4.78, 5) is 14.7. The van der Waals surface area contributed by atoms with E-state index in [1.54, 1.807) is 0 Å². The highest BCUT2D eigenvalue weighted by Crippen LogP contribution is 2.23. The Labute approximate surface area is 149 Å². The van der Waals surface area contributed by atoms with Crippen LogP contribution in [0.3, 0.4) is 0 Å².